The lowest BCUT2D eigenvalue weighted by Gasteiger charge is -2.25. The van der Waals surface area contributed by atoms with Crippen molar-refractivity contribution in [2.45, 2.75) is 11.8 Å². The van der Waals surface area contributed by atoms with Crippen LogP contribution < -0.4 is 0 Å². The highest BCUT2D eigenvalue weighted by Gasteiger charge is 2.24. The highest BCUT2D eigenvalue weighted by molar-refractivity contribution is 7.80. The Hall–Kier alpha value is -7.45. The zero-order valence-corrected chi connectivity index (χ0v) is 35.1. The number of hydrogen-bond acceptors (Lipinski definition) is 1. The minimum Gasteiger partial charge on any atom is -0.143 e. The molecule has 0 heterocycles. The second kappa shape index (κ2) is 14.6. The Labute approximate surface area is 367 Å². The molecule has 0 atom stereocenters. The molecule has 0 spiro atoms. The fourth-order valence-electron chi connectivity index (χ4n) is 10.1. The summed E-state index contributed by atoms with van der Waals surface area (Å²) < 4.78 is 0. The third-order valence-electron chi connectivity index (χ3n) is 13.1. The SMILES string of the molecule is Cc1ccc(-c2cc(-c3ccc4c5ccccc5c5ccccc5c4c3)cc(-c3cccc4c3-c3ccccc3-c3ccccc3-c3ccccc3-4)c2)cc1-c1ccccc1S. The number of thiol groups is 1. The molecule has 0 unspecified atom stereocenters. The van der Waals surface area contributed by atoms with Crippen LogP contribution in [0.5, 0.6) is 0 Å². The van der Waals surface area contributed by atoms with Crippen molar-refractivity contribution >= 4 is 44.9 Å². The number of fused-ring (bicyclic) bond motifs is 14. The molecule has 0 nitrogen and oxygen atoms in total. The zero-order valence-electron chi connectivity index (χ0n) is 34.2. The molecular weight excluding hydrogens is 765 g/mol. The first kappa shape index (κ1) is 36.4. The Balaban J connectivity index is 1.15. The first-order chi connectivity index (χ1) is 30.6. The topological polar surface area (TPSA) is 0 Å². The van der Waals surface area contributed by atoms with Crippen LogP contribution in [-0.4, -0.2) is 0 Å². The van der Waals surface area contributed by atoms with Gasteiger partial charge in [0.2, 0.25) is 0 Å². The summed E-state index contributed by atoms with van der Waals surface area (Å²) in [4.78, 5) is 0.974. The van der Waals surface area contributed by atoms with Gasteiger partial charge >= 0.3 is 0 Å². The third-order valence-corrected chi connectivity index (χ3v) is 13.5. The van der Waals surface area contributed by atoms with Crippen molar-refractivity contribution in [3.63, 3.8) is 0 Å². The molecule has 0 saturated carbocycles. The summed E-state index contributed by atoms with van der Waals surface area (Å²) in [5.41, 5.74) is 20.6. The second-order valence-corrected chi connectivity index (χ2v) is 17.0. The Morgan fingerprint density at radius 2 is 0.645 bits per heavy atom. The van der Waals surface area contributed by atoms with E-state index in [-0.39, 0.29) is 0 Å². The molecule has 0 aliphatic heterocycles. The minimum absolute atomic E-state index is 0.974. The monoisotopic (exact) mass is 804 g/mol. The molecule has 0 bridgehead atoms. The molecule has 0 saturated heterocycles. The summed E-state index contributed by atoms with van der Waals surface area (Å²) in [6.07, 6.45) is 0. The summed E-state index contributed by atoms with van der Waals surface area (Å²) in [6, 6.07) is 80.9. The van der Waals surface area contributed by atoms with E-state index in [1.807, 2.05) is 0 Å². The van der Waals surface area contributed by atoms with Gasteiger partial charge in [0.05, 0.1) is 0 Å². The Bertz CT molecular complexity index is 3570. The van der Waals surface area contributed by atoms with E-state index in [2.05, 4.69) is 225 Å². The molecule has 0 radical (unpaired) electrons. The number of aryl methyl sites for hydroxylation is 1. The first-order valence-corrected chi connectivity index (χ1v) is 21.8. The number of rotatable bonds is 4. The standard InChI is InChI=1S/C61H40S/c1-38-29-30-39(36-58(38)55-24-12-13-28-60(55)62)41-33-42(40-31-32-54-50-20-5-3-16-46(50)49-19-7-9-23-53(49)59(54)37-40)35-43(34-41)44-26-14-27-57-52-21-8-6-18-48(52)45-15-2-4-17-47(45)51-22-10-11-25-56(51)61(44)57/h2-37,62H,1H3. The maximum absolute atomic E-state index is 4.91. The molecule has 12 rings (SSSR count). The molecule has 290 valence electrons. The Morgan fingerprint density at radius 1 is 0.242 bits per heavy atom. The third kappa shape index (κ3) is 5.85. The van der Waals surface area contributed by atoms with E-state index in [4.69, 9.17) is 12.6 Å². The van der Waals surface area contributed by atoms with Gasteiger partial charge in [0.25, 0.3) is 0 Å². The predicted octanol–water partition coefficient (Wildman–Crippen LogP) is 17.4. The van der Waals surface area contributed by atoms with Gasteiger partial charge in [0.15, 0.2) is 0 Å². The van der Waals surface area contributed by atoms with E-state index in [9.17, 15) is 0 Å². The van der Waals surface area contributed by atoms with Crippen LogP contribution in [0.1, 0.15) is 5.56 Å². The molecule has 1 aliphatic carbocycles. The van der Waals surface area contributed by atoms with Crippen molar-refractivity contribution < 1.29 is 0 Å². The van der Waals surface area contributed by atoms with Gasteiger partial charge in [-0.2, -0.15) is 0 Å². The van der Waals surface area contributed by atoms with E-state index >= 15 is 0 Å². The molecule has 0 aromatic heterocycles. The van der Waals surface area contributed by atoms with Crippen LogP contribution >= 0.6 is 12.6 Å². The maximum Gasteiger partial charge on any atom is 0.0119 e. The summed E-state index contributed by atoms with van der Waals surface area (Å²) in [5, 5.41) is 7.65. The van der Waals surface area contributed by atoms with Gasteiger partial charge in [-0.15, -0.1) is 12.6 Å². The Kier molecular flexibility index (Phi) is 8.59. The zero-order chi connectivity index (χ0) is 41.3. The lowest BCUT2D eigenvalue weighted by molar-refractivity contribution is 1.40. The molecule has 62 heavy (non-hydrogen) atoms. The smallest absolute Gasteiger partial charge is 0.0119 e. The van der Waals surface area contributed by atoms with Crippen molar-refractivity contribution in [3.8, 4) is 89.0 Å². The van der Waals surface area contributed by atoms with E-state index in [1.165, 1.54) is 121 Å². The normalized spacial score (nSPS) is 11.7. The quantitative estimate of drug-likeness (QED) is 0.133. The second-order valence-electron chi connectivity index (χ2n) is 16.6. The fraction of sp³-hybridized carbons (Fsp3) is 0.0164. The fourth-order valence-corrected chi connectivity index (χ4v) is 10.4. The van der Waals surface area contributed by atoms with Crippen molar-refractivity contribution in [1.29, 1.82) is 0 Å². The molecule has 0 fully saturated rings. The predicted molar refractivity (Wildman–Crippen MR) is 268 cm³/mol. The minimum atomic E-state index is 0.974. The lowest BCUT2D eigenvalue weighted by atomic mass is 9.78. The average Bonchev–Trinajstić information content (AvgIpc) is 3.33. The molecule has 11 aromatic carbocycles. The highest BCUT2D eigenvalue weighted by atomic mass is 32.1. The van der Waals surface area contributed by atoms with Gasteiger partial charge in [0.1, 0.15) is 0 Å². The van der Waals surface area contributed by atoms with Crippen LogP contribution in [0.2, 0.25) is 0 Å². The summed E-state index contributed by atoms with van der Waals surface area (Å²) in [6.45, 7) is 2.19. The summed E-state index contributed by atoms with van der Waals surface area (Å²) >= 11 is 4.91. The van der Waals surface area contributed by atoms with Crippen LogP contribution in [0.4, 0.5) is 0 Å². The van der Waals surface area contributed by atoms with Crippen molar-refractivity contribution in [1.82, 2.24) is 0 Å². The van der Waals surface area contributed by atoms with Gasteiger partial charge in [-0.3, -0.25) is 0 Å². The Morgan fingerprint density at radius 3 is 1.24 bits per heavy atom. The number of benzene rings is 11. The van der Waals surface area contributed by atoms with Crippen LogP contribution in [0.25, 0.3) is 121 Å². The summed E-state index contributed by atoms with van der Waals surface area (Å²) in [7, 11) is 0. The lowest BCUT2D eigenvalue weighted by Crippen LogP contribution is -1.99. The van der Waals surface area contributed by atoms with E-state index in [1.54, 1.807) is 0 Å². The highest BCUT2D eigenvalue weighted by Crippen LogP contribution is 2.51. The molecule has 0 N–H and O–H groups in total. The van der Waals surface area contributed by atoms with Crippen LogP contribution in [-0.2, 0) is 0 Å². The summed E-state index contributed by atoms with van der Waals surface area (Å²) in [5.74, 6) is 0. The van der Waals surface area contributed by atoms with Crippen LogP contribution in [0.15, 0.2) is 223 Å². The van der Waals surface area contributed by atoms with Crippen molar-refractivity contribution in [2.24, 2.45) is 0 Å². The first-order valence-electron chi connectivity index (χ1n) is 21.4. The van der Waals surface area contributed by atoms with Gasteiger partial charge in [-0.25, -0.2) is 0 Å². The molecule has 1 heteroatoms. The van der Waals surface area contributed by atoms with Gasteiger partial charge in [-0.1, -0.05) is 182 Å². The largest absolute Gasteiger partial charge is 0.143 e. The van der Waals surface area contributed by atoms with Crippen molar-refractivity contribution in [3.05, 3.63) is 224 Å². The average molecular weight is 805 g/mol. The molecular formula is C61H40S. The molecule has 0 amide bonds. The van der Waals surface area contributed by atoms with Gasteiger partial charge in [0, 0.05) is 4.90 Å². The maximum atomic E-state index is 4.91. The van der Waals surface area contributed by atoms with E-state index < -0.39 is 0 Å². The van der Waals surface area contributed by atoms with Crippen molar-refractivity contribution in [2.75, 3.05) is 0 Å². The van der Waals surface area contributed by atoms with E-state index in [0.717, 1.165) is 10.5 Å². The van der Waals surface area contributed by atoms with E-state index in [0.29, 0.717) is 0 Å². The van der Waals surface area contributed by atoms with Crippen LogP contribution in [0.3, 0.4) is 0 Å². The molecule has 11 aromatic rings. The van der Waals surface area contributed by atoms with Gasteiger partial charge < -0.3 is 0 Å². The number of hydrogen-bond donors (Lipinski definition) is 1. The molecule has 1 aliphatic rings. The van der Waals surface area contributed by atoms with Crippen LogP contribution in [0, 0.1) is 6.92 Å². The van der Waals surface area contributed by atoms with Gasteiger partial charge in [-0.05, 0) is 170 Å².